The zero-order valence-corrected chi connectivity index (χ0v) is 14.2. The van der Waals surface area contributed by atoms with E-state index in [1.165, 1.54) is 0 Å². The standard InChI is InChI=1S/C16H19ClNO2P/c1-9-13(16(19)20)14(11-7-5-6-8-12(11)17)15(21(3)4)10(2)18-9/h5-8,14,18H,1-4H3,(H,19,20). The Morgan fingerprint density at radius 3 is 2.38 bits per heavy atom. The fourth-order valence-electron chi connectivity index (χ4n) is 2.87. The van der Waals surface area contributed by atoms with Gasteiger partial charge in [0, 0.05) is 22.3 Å². The molecule has 0 amide bonds. The topological polar surface area (TPSA) is 49.3 Å². The molecule has 0 fully saturated rings. The van der Waals surface area contributed by atoms with E-state index in [4.69, 9.17) is 11.6 Å². The van der Waals surface area contributed by atoms with Gasteiger partial charge in [-0.15, -0.1) is 0 Å². The minimum absolute atomic E-state index is 0.279. The monoisotopic (exact) mass is 323 g/mol. The van der Waals surface area contributed by atoms with Gasteiger partial charge in [0.2, 0.25) is 0 Å². The Kier molecular flexibility index (Phi) is 4.75. The van der Waals surface area contributed by atoms with Crippen molar-refractivity contribution in [2.45, 2.75) is 19.8 Å². The van der Waals surface area contributed by atoms with Crippen LogP contribution in [0, 0.1) is 0 Å². The second-order valence-corrected chi connectivity index (χ2v) is 8.01. The fraction of sp³-hybridized carbons (Fsp3) is 0.312. The second-order valence-electron chi connectivity index (χ2n) is 5.33. The van der Waals surface area contributed by atoms with Crippen LogP contribution in [0.25, 0.3) is 0 Å². The van der Waals surface area contributed by atoms with Gasteiger partial charge >= 0.3 is 5.97 Å². The van der Waals surface area contributed by atoms with Gasteiger partial charge in [-0.25, -0.2) is 4.79 Å². The summed E-state index contributed by atoms with van der Waals surface area (Å²) >= 11 is 6.34. The minimum Gasteiger partial charge on any atom is -0.478 e. The summed E-state index contributed by atoms with van der Waals surface area (Å²) in [6, 6.07) is 7.49. The molecule has 1 heterocycles. The van der Waals surface area contributed by atoms with E-state index >= 15 is 0 Å². The lowest BCUT2D eigenvalue weighted by molar-refractivity contribution is -0.133. The first-order valence-electron chi connectivity index (χ1n) is 6.68. The Morgan fingerprint density at radius 2 is 1.86 bits per heavy atom. The van der Waals surface area contributed by atoms with Crippen LogP contribution in [0.15, 0.2) is 46.5 Å². The maximum absolute atomic E-state index is 11.8. The quantitative estimate of drug-likeness (QED) is 0.813. The molecule has 1 aromatic carbocycles. The highest BCUT2D eigenvalue weighted by Crippen LogP contribution is 2.53. The number of carbonyl (C=O) groups is 1. The summed E-state index contributed by atoms with van der Waals surface area (Å²) in [5.74, 6) is -1.18. The van der Waals surface area contributed by atoms with Crippen molar-refractivity contribution in [2.24, 2.45) is 0 Å². The number of rotatable bonds is 3. The Morgan fingerprint density at radius 1 is 1.24 bits per heavy atom. The lowest BCUT2D eigenvalue weighted by Gasteiger charge is -2.33. The van der Waals surface area contributed by atoms with Crippen molar-refractivity contribution < 1.29 is 9.90 Å². The summed E-state index contributed by atoms with van der Waals surface area (Å²) in [5, 5.41) is 14.6. The van der Waals surface area contributed by atoms with Crippen LogP contribution in [0.5, 0.6) is 0 Å². The highest BCUT2D eigenvalue weighted by molar-refractivity contribution is 7.60. The molecule has 5 heteroatoms. The summed E-state index contributed by atoms with van der Waals surface area (Å²) in [6.07, 6.45) is 0. The first kappa shape index (κ1) is 16.1. The maximum atomic E-state index is 11.8. The Hall–Kier alpha value is -1.31. The average molecular weight is 324 g/mol. The van der Waals surface area contributed by atoms with Gasteiger partial charge in [-0.3, -0.25) is 0 Å². The van der Waals surface area contributed by atoms with E-state index in [1.54, 1.807) is 6.92 Å². The van der Waals surface area contributed by atoms with Gasteiger partial charge in [0.25, 0.3) is 0 Å². The summed E-state index contributed by atoms with van der Waals surface area (Å²) in [5.41, 5.74) is 2.98. The van der Waals surface area contributed by atoms with Gasteiger partial charge < -0.3 is 10.4 Å². The van der Waals surface area contributed by atoms with Crippen LogP contribution in [0.1, 0.15) is 25.3 Å². The van der Waals surface area contributed by atoms with E-state index in [2.05, 4.69) is 18.6 Å². The second kappa shape index (κ2) is 6.21. The lowest BCUT2D eigenvalue weighted by Crippen LogP contribution is -2.27. The van der Waals surface area contributed by atoms with Crippen molar-refractivity contribution in [1.82, 2.24) is 5.32 Å². The third kappa shape index (κ3) is 3.00. The third-order valence-electron chi connectivity index (χ3n) is 3.65. The van der Waals surface area contributed by atoms with Gasteiger partial charge in [0.05, 0.1) is 5.57 Å². The number of dihydropyridines is 1. The van der Waals surface area contributed by atoms with Crippen LogP contribution >= 0.6 is 19.5 Å². The molecule has 0 spiro atoms. The minimum atomic E-state index is -0.897. The molecule has 1 aliphatic heterocycles. The number of aliphatic carboxylic acids is 1. The molecular weight excluding hydrogens is 305 g/mol. The molecule has 1 aromatic rings. The van der Waals surface area contributed by atoms with Gasteiger partial charge in [0.15, 0.2) is 0 Å². The molecule has 0 radical (unpaired) electrons. The first-order chi connectivity index (χ1) is 9.84. The number of carboxylic acid groups (broad SMARTS) is 1. The molecule has 0 saturated carbocycles. The molecule has 0 bridgehead atoms. The SMILES string of the molecule is CC1=C(C(=O)O)C(c2ccccc2Cl)C(P(C)C)=C(C)N1. The average Bonchev–Trinajstić information content (AvgIpc) is 2.37. The predicted molar refractivity (Wildman–Crippen MR) is 89.1 cm³/mol. The largest absolute Gasteiger partial charge is 0.478 e. The van der Waals surface area contributed by atoms with Crippen molar-refractivity contribution in [3.05, 3.63) is 57.1 Å². The molecule has 2 rings (SSSR count). The first-order valence-corrected chi connectivity index (χ1v) is 9.29. The molecule has 0 aromatic heterocycles. The molecule has 1 unspecified atom stereocenters. The number of nitrogens with one attached hydrogen (secondary N) is 1. The lowest BCUT2D eigenvalue weighted by atomic mass is 9.86. The van der Waals surface area contributed by atoms with Gasteiger partial charge in [-0.2, -0.15) is 0 Å². The van der Waals surface area contributed by atoms with Crippen LogP contribution < -0.4 is 5.32 Å². The molecule has 3 nitrogen and oxygen atoms in total. The van der Waals surface area contributed by atoms with E-state index in [1.807, 2.05) is 31.2 Å². The van der Waals surface area contributed by atoms with Crippen LogP contribution in [-0.2, 0) is 4.79 Å². The highest BCUT2D eigenvalue weighted by atomic mass is 35.5. The van der Waals surface area contributed by atoms with Gasteiger partial charge in [0.1, 0.15) is 0 Å². The molecule has 1 aliphatic rings. The summed E-state index contributed by atoms with van der Waals surface area (Å²) < 4.78 is 0. The van der Waals surface area contributed by atoms with Gasteiger partial charge in [-0.05, 0) is 44.1 Å². The molecule has 0 aliphatic carbocycles. The zero-order valence-electron chi connectivity index (χ0n) is 12.6. The molecular formula is C16H19ClNO2P. The summed E-state index contributed by atoms with van der Waals surface area (Å²) in [4.78, 5) is 11.8. The van der Waals surface area contributed by atoms with E-state index in [0.717, 1.165) is 16.6 Å². The molecule has 0 saturated heterocycles. The zero-order chi connectivity index (χ0) is 15.7. The number of hydrogen-bond acceptors (Lipinski definition) is 2. The van der Waals surface area contributed by atoms with E-state index in [-0.39, 0.29) is 5.92 Å². The highest BCUT2D eigenvalue weighted by Gasteiger charge is 2.35. The molecule has 1 atom stereocenters. The summed E-state index contributed by atoms with van der Waals surface area (Å²) in [6.45, 7) is 8.09. The van der Waals surface area contributed by atoms with Crippen LogP contribution in [0.4, 0.5) is 0 Å². The number of carboxylic acids is 1. The Labute approximate surface area is 131 Å². The number of allylic oxidation sites excluding steroid dienone is 3. The van der Waals surface area contributed by atoms with Crippen molar-refractivity contribution in [3.8, 4) is 0 Å². The van der Waals surface area contributed by atoms with E-state index in [9.17, 15) is 9.90 Å². The smallest absolute Gasteiger partial charge is 0.334 e. The van der Waals surface area contributed by atoms with Crippen molar-refractivity contribution in [2.75, 3.05) is 13.3 Å². The normalized spacial score (nSPS) is 19.0. The summed E-state index contributed by atoms with van der Waals surface area (Å²) in [7, 11) is -0.443. The van der Waals surface area contributed by atoms with Crippen molar-refractivity contribution >= 4 is 25.5 Å². The Bertz CT molecular complexity index is 649. The van der Waals surface area contributed by atoms with Crippen LogP contribution in [0.3, 0.4) is 0 Å². The maximum Gasteiger partial charge on any atom is 0.334 e. The van der Waals surface area contributed by atoms with Crippen molar-refractivity contribution in [3.63, 3.8) is 0 Å². The van der Waals surface area contributed by atoms with Gasteiger partial charge in [-0.1, -0.05) is 37.7 Å². The number of benzene rings is 1. The number of halogens is 1. The van der Waals surface area contributed by atoms with Crippen LogP contribution in [-0.4, -0.2) is 24.4 Å². The fourth-order valence-corrected chi connectivity index (χ4v) is 4.63. The van der Waals surface area contributed by atoms with E-state index in [0.29, 0.717) is 16.3 Å². The molecule has 2 N–H and O–H groups in total. The predicted octanol–water partition coefficient (Wildman–Crippen LogP) is 4.36. The third-order valence-corrected chi connectivity index (χ3v) is 5.56. The molecule has 21 heavy (non-hydrogen) atoms. The number of hydrogen-bond donors (Lipinski definition) is 2. The van der Waals surface area contributed by atoms with E-state index < -0.39 is 13.9 Å². The molecule has 112 valence electrons. The van der Waals surface area contributed by atoms with Crippen molar-refractivity contribution in [1.29, 1.82) is 0 Å². The Balaban J connectivity index is 2.71. The van der Waals surface area contributed by atoms with Crippen LogP contribution in [0.2, 0.25) is 5.02 Å².